The molecule has 0 spiro atoms. The van der Waals surface area contributed by atoms with Gasteiger partial charge in [0.15, 0.2) is 11.5 Å². The number of nitrogens with zero attached hydrogens (tertiary/aromatic N) is 1. The largest absolute Gasteiger partial charge is 0.486 e. The topological polar surface area (TPSA) is 81.0 Å². The zero-order chi connectivity index (χ0) is 17.2. The summed E-state index contributed by atoms with van der Waals surface area (Å²) < 4.78 is 16.0. The van der Waals surface area contributed by atoms with Crippen molar-refractivity contribution in [2.24, 2.45) is 5.92 Å². The molecule has 0 bridgehead atoms. The fraction of sp³-hybridized carbons (Fsp3) is 0.333. The quantitative estimate of drug-likeness (QED) is 0.856. The van der Waals surface area contributed by atoms with Gasteiger partial charge in [-0.25, -0.2) is 0 Å². The molecular formula is C18H18N2O5. The van der Waals surface area contributed by atoms with Crippen LogP contribution in [0.15, 0.2) is 41.2 Å². The fourth-order valence-electron chi connectivity index (χ4n) is 3.09. The minimum absolute atomic E-state index is 0.193. The third-order valence-corrected chi connectivity index (χ3v) is 4.41. The summed E-state index contributed by atoms with van der Waals surface area (Å²) in [5.74, 6) is 0.188. The van der Waals surface area contributed by atoms with Crippen LogP contribution in [0, 0.1) is 5.92 Å². The van der Waals surface area contributed by atoms with Gasteiger partial charge in [-0.15, -0.1) is 0 Å². The second-order valence-corrected chi connectivity index (χ2v) is 6.01. The smallest absolute Gasteiger partial charge is 0.239 e. The summed E-state index contributed by atoms with van der Waals surface area (Å²) in [6.45, 7) is 1.86. The molecule has 1 atom stereocenters. The molecule has 0 radical (unpaired) electrons. The Balaban J connectivity index is 1.43. The molecule has 25 heavy (non-hydrogen) atoms. The van der Waals surface area contributed by atoms with Gasteiger partial charge in [0.05, 0.1) is 12.5 Å². The van der Waals surface area contributed by atoms with Gasteiger partial charge in [-0.05, 0) is 24.6 Å². The second-order valence-electron chi connectivity index (χ2n) is 6.01. The number of carbonyl (C=O) groups excluding carboxylic acids is 2. The first kappa shape index (κ1) is 15.6. The number of fused-ring (bicyclic) bond motifs is 1. The first-order valence-electron chi connectivity index (χ1n) is 8.22. The Hall–Kier alpha value is -2.96. The van der Waals surface area contributed by atoms with Crippen LogP contribution in [-0.4, -0.2) is 31.6 Å². The lowest BCUT2D eigenvalue weighted by molar-refractivity contribution is -0.132. The van der Waals surface area contributed by atoms with Crippen molar-refractivity contribution in [1.82, 2.24) is 5.32 Å². The molecule has 7 heteroatoms. The number of amides is 2. The number of hydrogen-bond acceptors (Lipinski definition) is 5. The second kappa shape index (κ2) is 6.51. The molecule has 0 unspecified atom stereocenters. The molecule has 0 aliphatic carbocycles. The lowest BCUT2D eigenvalue weighted by atomic mass is 10.1. The van der Waals surface area contributed by atoms with E-state index in [4.69, 9.17) is 13.9 Å². The molecule has 1 aromatic carbocycles. The van der Waals surface area contributed by atoms with Crippen molar-refractivity contribution in [3.63, 3.8) is 0 Å². The van der Waals surface area contributed by atoms with E-state index in [1.54, 1.807) is 35.6 Å². The number of furan rings is 1. The van der Waals surface area contributed by atoms with Crippen molar-refractivity contribution in [3.8, 4) is 11.5 Å². The van der Waals surface area contributed by atoms with Crippen LogP contribution in [0.1, 0.15) is 12.0 Å². The van der Waals surface area contributed by atoms with Crippen molar-refractivity contribution < 1.29 is 23.5 Å². The minimum Gasteiger partial charge on any atom is -0.486 e. The van der Waals surface area contributed by atoms with Gasteiger partial charge in [0, 0.05) is 30.4 Å². The summed E-state index contributed by atoms with van der Waals surface area (Å²) >= 11 is 0. The fourth-order valence-corrected chi connectivity index (χ4v) is 3.09. The van der Waals surface area contributed by atoms with Gasteiger partial charge in [0.25, 0.3) is 0 Å². The highest BCUT2D eigenvalue weighted by molar-refractivity contribution is 6.09. The van der Waals surface area contributed by atoms with Gasteiger partial charge in [-0.3, -0.25) is 9.59 Å². The highest BCUT2D eigenvalue weighted by Gasteiger charge is 2.37. The van der Waals surface area contributed by atoms with Crippen molar-refractivity contribution in [2.45, 2.75) is 13.0 Å². The maximum Gasteiger partial charge on any atom is 0.239 e. The third-order valence-electron chi connectivity index (χ3n) is 4.41. The Morgan fingerprint density at radius 2 is 2.04 bits per heavy atom. The Bertz CT molecular complexity index is 787. The summed E-state index contributed by atoms with van der Waals surface area (Å²) in [6, 6.07) is 7.18. The third kappa shape index (κ3) is 3.05. The molecule has 2 aromatic rings. The summed E-state index contributed by atoms with van der Waals surface area (Å²) in [6.07, 6.45) is 3.61. The molecule has 7 nitrogen and oxygen atoms in total. The minimum atomic E-state index is -0.667. The number of hydrogen-bond donors (Lipinski definition) is 1. The van der Waals surface area contributed by atoms with Crippen LogP contribution in [0.4, 0.5) is 5.69 Å². The molecule has 130 valence electrons. The highest BCUT2D eigenvalue weighted by Crippen LogP contribution is 2.36. The van der Waals surface area contributed by atoms with Gasteiger partial charge in [-0.1, -0.05) is 0 Å². The first-order chi connectivity index (χ1) is 12.2. The van der Waals surface area contributed by atoms with Gasteiger partial charge in [0.1, 0.15) is 19.1 Å². The van der Waals surface area contributed by atoms with Gasteiger partial charge < -0.3 is 24.1 Å². The average molecular weight is 342 g/mol. The number of carbonyl (C=O) groups is 2. The number of rotatable bonds is 4. The summed E-state index contributed by atoms with van der Waals surface area (Å²) in [5.41, 5.74) is 1.59. The molecule has 2 aliphatic rings. The van der Waals surface area contributed by atoms with Crippen molar-refractivity contribution in [2.75, 3.05) is 24.7 Å². The number of nitrogens with one attached hydrogen (secondary N) is 1. The highest BCUT2D eigenvalue weighted by atomic mass is 16.6. The molecular weight excluding hydrogens is 324 g/mol. The van der Waals surface area contributed by atoms with Crippen molar-refractivity contribution in [3.05, 3.63) is 42.4 Å². The Morgan fingerprint density at radius 3 is 2.84 bits per heavy atom. The maximum atomic E-state index is 12.7. The first-order valence-corrected chi connectivity index (χ1v) is 8.22. The molecule has 3 heterocycles. The Morgan fingerprint density at radius 1 is 1.20 bits per heavy atom. The zero-order valence-electron chi connectivity index (χ0n) is 13.6. The number of ether oxygens (including phenoxy) is 2. The number of benzene rings is 1. The van der Waals surface area contributed by atoms with Crippen LogP contribution in [0.3, 0.4) is 0 Å². The van der Waals surface area contributed by atoms with Crippen LogP contribution in [0.5, 0.6) is 11.5 Å². The zero-order valence-corrected chi connectivity index (χ0v) is 13.6. The SMILES string of the molecule is O=C(NCc1ccoc1)[C@H]1CCN(c2ccc3c(c2)OCCO3)C1=O. The molecule has 1 saturated heterocycles. The molecule has 1 N–H and O–H groups in total. The average Bonchev–Trinajstić information content (AvgIpc) is 3.29. The maximum absolute atomic E-state index is 12.7. The number of anilines is 1. The van der Waals surface area contributed by atoms with Crippen LogP contribution in [0.25, 0.3) is 0 Å². The van der Waals surface area contributed by atoms with E-state index in [1.165, 1.54) is 0 Å². The van der Waals surface area contributed by atoms with E-state index in [0.717, 1.165) is 11.3 Å². The molecule has 0 saturated carbocycles. The van der Waals surface area contributed by atoms with Crippen LogP contribution in [-0.2, 0) is 16.1 Å². The predicted octanol–water partition coefficient (Wildman–Crippen LogP) is 1.72. The lowest BCUT2D eigenvalue weighted by Gasteiger charge is -2.22. The summed E-state index contributed by atoms with van der Waals surface area (Å²) in [4.78, 5) is 26.6. The molecule has 2 amide bonds. The van der Waals surface area contributed by atoms with E-state index in [0.29, 0.717) is 44.2 Å². The van der Waals surface area contributed by atoms with Gasteiger partial charge in [0.2, 0.25) is 11.8 Å². The van der Waals surface area contributed by atoms with Crippen LogP contribution >= 0.6 is 0 Å². The Labute approximate surface area is 144 Å². The normalized spacial score (nSPS) is 19.1. The monoisotopic (exact) mass is 342 g/mol. The van der Waals surface area contributed by atoms with Gasteiger partial charge >= 0.3 is 0 Å². The van der Waals surface area contributed by atoms with E-state index >= 15 is 0 Å². The summed E-state index contributed by atoms with van der Waals surface area (Å²) in [7, 11) is 0. The van der Waals surface area contributed by atoms with Crippen LogP contribution in [0.2, 0.25) is 0 Å². The molecule has 2 aliphatic heterocycles. The van der Waals surface area contributed by atoms with E-state index < -0.39 is 5.92 Å². The van der Waals surface area contributed by atoms with E-state index in [2.05, 4.69) is 5.32 Å². The summed E-state index contributed by atoms with van der Waals surface area (Å²) in [5, 5.41) is 2.79. The molecule has 1 aromatic heterocycles. The predicted molar refractivity (Wildman–Crippen MR) is 88.4 cm³/mol. The lowest BCUT2D eigenvalue weighted by Crippen LogP contribution is -2.36. The van der Waals surface area contributed by atoms with Crippen LogP contribution < -0.4 is 19.7 Å². The molecule has 4 rings (SSSR count). The standard InChI is InChI=1S/C18H18N2O5/c21-17(19-10-12-4-6-23-11-12)14-3-5-20(18(14)22)13-1-2-15-16(9-13)25-8-7-24-15/h1-2,4,6,9,11,14H,3,5,7-8,10H2,(H,19,21)/t14-/m1/s1. The van der Waals surface area contributed by atoms with Crippen molar-refractivity contribution >= 4 is 17.5 Å². The molecule has 1 fully saturated rings. The van der Waals surface area contributed by atoms with E-state index in [-0.39, 0.29) is 11.8 Å². The Kier molecular flexibility index (Phi) is 4.05. The van der Waals surface area contributed by atoms with Gasteiger partial charge in [-0.2, -0.15) is 0 Å². The van der Waals surface area contributed by atoms with E-state index in [9.17, 15) is 9.59 Å². The van der Waals surface area contributed by atoms with Crippen molar-refractivity contribution in [1.29, 1.82) is 0 Å². The van der Waals surface area contributed by atoms with E-state index in [1.807, 2.05) is 6.07 Å².